The van der Waals surface area contributed by atoms with E-state index in [-0.39, 0.29) is 6.10 Å². The molecule has 0 spiro atoms. The maximum absolute atomic E-state index is 10.9. The topological polar surface area (TPSA) is 37.3 Å². The van der Waals surface area contributed by atoms with Crippen LogP contribution in [-0.4, -0.2) is 17.5 Å². The highest BCUT2D eigenvalue weighted by atomic mass is 16.3. The summed E-state index contributed by atoms with van der Waals surface area (Å²) >= 11 is 0. The fraction of sp³-hybridized carbons (Fsp3) is 0.864. The van der Waals surface area contributed by atoms with Crippen molar-refractivity contribution in [1.82, 2.24) is 0 Å². The summed E-state index contributed by atoms with van der Waals surface area (Å²) in [6.07, 6.45) is 15.2. The van der Waals surface area contributed by atoms with Gasteiger partial charge in [-0.1, -0.05) is 25.5 Å². The second-order valence-corrected chi connectivity index (χ2v) is 9.72. The highest BCUT2D eigenvalue weighted by Gasteiger charge is 2.58. The highest BCUT2D eigenvalue weighted by Crippen LogP contribution is 2.66. The summed E-state index contributed by atoms with van der Waals surface area (Å²) < 4.78 is 0. The van der Waals surface area contributed by atoms with Crippen molar-refractivity contribution >= 4 is 6.29 Å². The first-order valence-corrected chi connectivity index (χ1v) is 10.3. The summed E-state index contributed by atoms with van der Waals surface area (Å²) in [4.78, 5) is 10.9. The minimum Gasteiger partial charge on any atom is -0.393 e. The zero-order valence-corrected chi connectivity index (χ0v) is 15.5. The lowest BCUT2D eigenvalue weighted by Crippen LogP contribution is -2.50. The van der Waals surface area contributed by atoms with Gasteiger partial charge in [-0.3, -0.25) is 0 Å². The SMILES string of the molecule is CC12CCC(O)CC1=CCC1C2CCC2(C)C(CCC=O)CCC12. The van der Waals surface area contributed by atoms with Gasteiger partial charge in [0.15, 0.2) is 0 Å². The van der Waals surface area contributed by atoms with Crippen LogP contribution in [0, 0.1) is 34.5 Å². The fourth-order valence-electron chi connectivity index (χ4n) is 7.49. The third kappa shape index (κ3) is 2.35. The second-order valence-electron chi connectivity index (χ2n) is 9.72. The van der Waals surface area contributed by atoms with Crippen molar-refractivity contribution in [3.8, 4) is 0 Å². The number of hydrogen-bond donors (Lipinski definition) is 1. The van der Waals surface area contributed by atoms with Crippen LogP contribution in [0.3, 0.4) is 0 Å². The van der Waals surface area contributed by atoms with Crippen LogP contribution in [-0.2, 0) is 4.79 Å². The molecule has 24 heavy (non-hydrogen) atoms. The quantitative estimate of drug-likeness (QED) is 0.590. The molecular weight excluding hydrogens is 296 g/mol. The number of rotatable bonds is 3. The van der Waals surface area contributed by atoms with E-state index in [2.05, 4.69) is 19.9 Å². The van der Waals surface area contributed by atoms with Gasteiger partial charge in [-0.2, -0.15) is 0 Å². The van der Waals surface area contributed by atoms with Crippen molar-refractivity contribution in [3.63, 3.8) is 0 Å². The molecule has 0 aromatic carbocycles. The Kier molecular flexibility index (Phi) is 4.18. The van der Waals surface area contributed by atoms with Crippen LogP contribution in [0.4, 0.5) is 0 Å². The van der Waals surface area contributed by atoms with Crippen molar-refractivity contribution in [2.75, 3.05) is 0 Å². The predicted octanol–water partition coefficient (Wildman–Crippen LogP) is 4.91. The second kappa shape index (κ2) is 5.97. The number of aliphatic hydroxyl groups excluding tert-OH is 1. The summed E-state index contributed by atoms with van der Waals surface area (Å²) in [6, 6.07) is 0. The van der Waals surface area contributed by atoms with Crippen LogP contribution in [0.1, 0.15) is 78.1 Å². The molecular formula is C22H34O2. The molecule has 2 nitrogen and oxygen atoms in total. The van der Waals surface area contributed by atoms with Crippen molar-refractivity contribution in [2.45, 2.75) is 84.2 Å². The van der Waals surface area contributed by atoms with Crippen LogP contribution in [0.15, 0.2) is 11.6 Å². The minimum absolute atomic E-state index is 0.103. The van der Waals surface area contributed by atoms with E-state index in [1.807, 2.05) is 0 Å². The Labute approximate surface area is 147 Å². The summed E-state index contributed by atoms with van der Waals surface area (Å²) in [6.45, 7) is 5.05. The summed E-state index contributed by atoms with van der Waals surface area (Å²) in [5, 5.41) is 10.1. The van der Waals surface area contributed by atoms with Crippen molar-refractivity contribution in [1.29, 1.82) is 0 Å². The zero-order chi connectivity index (χ0) is 16.9. The third-order valence-electron chi connectivity index (χ3n) is 8.91. The smallest absolute Gasteiger partial charge is 0.120 e. The number of aldehydes is 1. The number of carbonyl (C=O) groups is 1. The number of hydrogen-bond acceptors (Lipinski definition) is 2. The molecule has 7 atom stereocenters. The lowest BCUT2D eigenvalue weighted by Gasteiger charge is -2.58. The molecule has 7 unspecified atom stereocenters. The molecule has 4 aliphatic carbocycles. The zero-order valence-electron chi connectivity index (χ0n) is 15.5. The minimum atomic E-state index is -0.103. The van der Waals surface area contributed by atoms with Crippen LogP contribution in [0.25, 0.3) is 0 Å². The fourth-order valence-corrected chi connectivity index (χ4v) is 7.49. The number of allylic oxidation sites excluding steroid dienone is 1. The lowest BCUT2D eigenvalue weighted by molar-refractivity contribution is -0.108. The molecule has 2 heteroatoms. The molecule has 4 rings (SSSR count). The molecule has 0 saturated heterocycles. The number of carbonyl (C=O) groups excluding carboxylic acids is 1. The van der Waals surface area contributed by atoms with Gasteiger partial charge in [-0.05, 0) is 92.3 Å². The van der Waals surface area contributed by atoms with E-state index in [0.29, 0.717) is 10.8 Å². The first-order chi connectivity index (χ1) is 11.5. The number of fused-ring (bicyclic) bond motifs is 5. The van der Waals surface area contributed by atoms with E-state index < -0.39 is 0 Å². The van der Waals surface area contributed by atoms with Gasteiger partial charge in [0.2, 0.25) is 0 Å². The Bertz CT molecular complexity index is 538. The van der Waals surface area contributed by atoms with Gasteiger partial charge < -0.3 is 9.90 Å². The Balaban J connectivity index is 1.59. The summed E-state index contributed by atoms with van der Waals surface area (Å²) in [5.41, 5.74) is 2.39. The van der Waals surface area contributed by atoms with E-state index in [9.17, 15) is 9.90 Å². The van der Waals surface area contributed by atoms with Gasteiger partial charge in [-0.25, -0.2) is 0 Å². The van der Waals surface area contributed by atoms with E-state index in [0.717, 1.165) is 55.6 Å². The highest BCUT2D eigenvalue weighted by molar-refractivity contribution is 5.49. The molecule has 1 N–H and O–H groups in total. The van der Waals surface area contributed by atoms with Gasteiger partial charge in [-0.15, -0.1) is 0 Å². The van der Waals surface area contributed by atoms with Crippen molar-refractivity contribution < 1.29 is 9.90 Å². The first kappa shape index (κ1) is 16.8. The molecule has 0 bridgehead atoms. The van der Waals surface area contributed by atoms with Crippen LogP contribution < -0.4 is 0 Å². The molecule has 0 amide bonds. The maximum atomic E-state index is 10.9. The molecule has 3 fully saturated rings. The molecule has 0 aromatic rings. The van der Waals surface area contributed by atoms with Gasteiger partial charge in [0.1, 0.15) is 6.29 Å². The molecule has 0 aromatic heterocycles. The van der Waals surface area contributed by atoms with Gasteiger partial charge in [0, 0.05) is 6.42 Å². The van der Waals surface area contributed by atoms with Gasteiger partial charge in [0.25, 0.3) is 0 Å². The Morgan fingerprint density at radius 2 is 2.00 bits per heavy atom. The normalized spacial score (nSPS) is 50.5. The van der Waals surface area contributed by atoms with E-state index in [1.54, 1.807) is 5.57 Å². The van der Waals surface area contributed by atoms with Gasteiger partial charge >= 0.3 is 0 Å². The Hall–Kier alpha value is -0.630. The average Bonchev–Trinajstić information content (AvgIpc) is 2.90. The Morgan fingerprint density at radius 1 is 1.17 bits per heavy atom. The summed E-state index contributed by atoms with van der Waals surface area (Å²) in [5.74, 6) is 3.29. The lowest BCUT2D eigenvalue weighted by atomic mass is 9.47. The Morgan fingerprint density at radius 3 is 2.79 bits per heavy atom. The third-order valence-corrected chi connectivity index (χ3v) is 8.91. The summed E-state index contributed by atoms with van der Waals surface area (Å²) in [7, 11) is 0. The molecule has 3 saturated carbocycles. The van der Waals surface area contributed by atoms with Crippen LogP contribution >= 0.6 is 0 Å². The largest absolute Gasteiger partial charge is 0.393 e. The van der Waals surface area contributed by atoms with Crippen LogP contribution in [0.2, 0.25) is 0 Å². The first-order valence-electron chi connectivity index (χ1n) is 10.3. The number of aliphatic hydroxyl groups is 1. The van der Waals surface area contributed by atoms with Crippen LogP contribution in [0.5, 0.6) is 0 Å². The molecule has 4 aliphatic rings. The van der Waals surface area contributed by atoms with Crippen molar-refractivity contribution in [2.24, 2.45) is 34.5 Å². The maximum Gasteiger partial charge on any atom is 0.120 e. The van der Waals surface area contributed by atoms with E-state index >= 15 is 0 Å². The average molecular weight is 331 g/mol. The molecule has 134 valence electrons. The van der Waals surface area contributed by atoms with E-state index in [4.69, 9.17) is 0 Å². The van der Waals surface area contributed by atoms with E-state index in [1.165, 1.54) is 38.5 Å². The molecule has 0 aliphatic heterocycles. The van der Waals surface area contributed by atoms with Gasteiger partial charge in [0.05, 0.1) is 6.10 Å². The monoisotopic (exact) mass is 330 g/mol. The standard InChI is InChI=1S/C22H34O2/c1-21-12-10-20-18(19(21)8-6-15(21)4-3-13-23)7-5-16-14-17(24)9-11-22(16,20)2/h5,13,15,17-20,24H,3-4,6-12,14H2,1-2H3. The predicted molar refractivity (Wildman–Crippen MR) is 96.5 cm³/mol. The van der Waals surface area contributed by atoms with Crippen molar-refractivity contribution in [3.05, 3.63) is 11.6 Å². The molecule has 0 heterocycles. The molecule has 0 radical (unpaired) electrons.